The van der Waals surface area contributed by atoms with Crippen LogP contribution in [-0.2, 0) is 11.3 Å². The molecule has 0 fully saturated rings. The zero-order valence-electron chi connectivity index (χ0n) is 16.7. The Morgan fingerprint density at radius 2 is 1.82 bits per heavy atom. The van der Waals surface area contributed by atoms with E-state index in [1.54, 1.807) is 14.0 Å². The summed E-state index contributed by atoms with van der Waals surface area (Å²) < 4.78 is 10.6. The molecule has 0 aliphatic carbocycles. The molecule has 2 aromatic rings. The first-order valence-electron chi connectivity index (χ1n) is 8.86. The molecule has 1 unspecified atom stereocenters. The molecule has 0 aliphatic heterocycles. The van der Waals surface area contributed by atoms with Gasteiger partial charge in [0, 0.05) is 17.7 Å². The molecular weight excluding hydrogens is 362 g/mol. The summed E-state index contributed by atoms with van der Waals surface area (Å²) in [5.41, 5.74) is 2.28. The van der Waals surface area contributed by atoms with Crippen LogP contribution in [-0.4, -0.2) is 38.1 Å². The Morgan fingerprint density at radius 3 is 2.43 bits per heavy atom. The maximum Gasteiger partial charge on any atom is 0.282 e. The van der Waals surface area contributed by atoms with E-state index in [1.165, 1.54) is 25.3 Å². The summed E-state index contributed by atoms with van der Waals surface area (Å²) >= 11 is 0. The van der Waals surface area contributed by atoms with Crippen molar-refractivity contribution in [3.05, 3.63) is 57.6 Å². The number of nitrogens with one attached hydrogen (secondary N) is 2. The number of anilines is 1. The van der Waals surface area contributed by atoms with E-state index in [9.17, 15) is 14.9 Å². The van der Waals surface area contributed by atoms with Gasteiger partial charge in [-0.15, -0.1) is 0 Å². The first-order chi connectivity index (χ1) is 13.3. The highest BCUT2D eigenvalue weighted by atomic mass is 16.6. The summed E-state index contributed by atoms with van der Waals surface area (Å²) in [4.78, 5) is 24.2. The van der Waals surface area contributed by atoms with Crippen LogP contribution in [0.1, 0.15) is 18.1 Å². The van der Waals surface area contributed by atoms with Gasteiger partial charge >= 0.3 is 0 Å². The third-order valence-electron chi connectivity index (χ3n) is 4.69. The van der Waals surface area contributed by atoms with Gasteiger partial charge in [-0.1, -0.05) is 11.6 Å². The van der Waals surface area contributed by atoms with Crippen molar-refractivity contribution in [3.63, 3.8) is 0 Å². The summed E-state index contributed by atoms with van der Waals surface area (Å²) in [6, 6.07) is 9.61. The lowest BCUT2D eigenvalue weighted by Gasteiger charge is -2.22. The van der Waals surface area contributed by atoms with Gasteiger partial charge < -0.3 is 19.7 Å². The van der Waals surface area contributed by atoms with Crippen molar-refractivity contribution >= 4 is 17.3 Å². The van der Waals surface area contributed by atoms with Crippen molar-refractivity contribution in [1.82, 2.24) is 0 Å². The topological polar surface area (TPSA) is 95.1 Å². The van der Waals surface area contributed by atoms with Crippen LogP contribution in [0.3, 0.4) is 0 Å². The van der Waals surface area contributed by atoms with Gasteiger partial charge in [-0.25, -0.2) is 0 Å². The predicted octanol–water partition coefficient (Wildman–Crippen LogP) is 1.96. The third kappa shape index (κ3) is 4.98. The van der Waals surface area contributed by atoms with E-state index in [1.807, 2.05) is 32.2 Å². The predicted molar refractivity (Wildman–Crippen MR) is 106 cm³/mol. The monoisotopic (exact) mass is 388 g/mol. The molecule has 0 spiro atoms. The number of nitro groups is 1. The Labute approximate surface area is 164 Å². The standard InChI is InChI=1S/C20H25N3O5/c1-13-6-8-18(27-4)15(10-13)12-22(3)14(2)20(24)21-17-11-16(23(25)26)7-9-19(17)28-5/h6-11,14H,12H2,1-5H3,(H,21,24)/p+1/t14-/m0/s1. The van der Waals surface area contributed by atoms with E-state index in [4.69, 9.17) is 9.47 Å². The van der Waals surface area contributed by atoms with Crippen LogP contribution in [0.25, 0.3) is 0 Å². The summed E-state index contributed by atoms with van der Waals surface area (Å²) in [7, 11) is 4.98. The molecule has 8 nitrogen and oxygen atoms in total. The van der Waals surface area contributed by atoms with E-state index in [2.05, 4.69) is 5.32 Å². The molecule has 0 heterocycles. The first-order valence-corrected chi connectivity index (χ1v) is 8.86. The fraction of sp³-hybridized carbons (Fsp3) is 0.350. The number of aryl methyl sites for hydroxylation is 1. The van der Waals surface area contributed by atoms with Crippen LogP contribution in [0.4, 0.5) is 11.4 Å². The second kappa shape index (κ2) is 9.18. The Morgan fingerprint density at radius 1 is 1.18 bits per heavy atom. The van der Waals surface area contributed by atoms with Gasteiger partial charge in [-0.05, 0) is 32.0 Å². The number of ether oxygens (including phenoxy) is 2. The van der Waals surface area contributed by atoms with Crippen LogP contribution in [0.5, 0.6) is 11.5 Å². The van der Waals surface area contributed by atoms with E-state index in [-0.39, 0.29) is 17.3 Å². The minimum atomic E-state index is -0.514. The quantitative estimate of drug-likeness (QED) is 0.532. The molecule has 0 aromatic heterocycles. The number of hydrogen-bond donors (Lipinski definition) is 2. The fourth-order valence-electron chi connectivity index (χ4n) is 2.87. The SMILES string of the molecule is COc1ccc(C)cc1C[NH+](C)[C@@H](C)C(=O)Nc1cc([N+](=O)[O-])ccc1OC. The van der Waals surface area contributed by atoms with Crippen LogP contribution in [0.15, 0.2) is 36.4 Å². The Kier molecular flexibility index (Phi) is 6.94. The van der Waals surface area contributed by atoms with Crippen LogP contribution in [0.2, 0.25) is 0 Å². The molecule has 0 aliphatic rings. The highest BCUT2D eigenvalue weighted by Gasteiger charge is 2.25. The number of hydrogen-bond acceptors (Lipinski definition) is 5. The van der Waals surface area contributed by atoms with Crippen molar-refractivity contribution in [3.8, 4) is 11.5 Å². The molecule has 28 heavy (non-hydrogen) atoms. The van der Waals surface area contributed by atoms with Gasteiger partial charge in [0.25, 0.3) is 11.6 Å². The van der Waals surface area contributed by atoms with Crippen LogP contribution >= 0.6 is 0 Å². The lowest BCUT2D eigenvalue weighted by atomic mass is 10.1. The maximum atomic E-state index is 12.7. The highest BCUT2D eigenvalue weighted by molar-refractivity contribution is 5.95. The molecule has 0 saturated carbocycles. The minimum Gasteiger partial charge on any atom is -0.496 e. The first kappa shape index (κ1) is 21.2. The Hall–Kier alpha value is -3.13. The normalized spacial score (nSPS) is 12.8. The van der Waals surface area contributed by atoms with Gasteiger partial charge in [0.2, 0.25) is 0 Å². The van der Waals surface area contributed by atoms with Crippen molar-refractivity contribution < 1.29 is 24.1 Å². The summed E-state index contributed by atoms with van der Waals surface area (Å²) in [6.07, 6.45) is 0. The largest absolute Gasteiger partial charge is 0.496 e. The van der Waals surface area contributed by atoms with Gasteiger partial charge in [0.15, 0.2) is 6.04 Å². The highest BCUT2D eigenvalue weighted by Crippen LogP contribution is 2.28. The van der Waals surface area contributed by atoms with Gasteiger partial charge in [0.1, 0.15) is 18.0 Å². The smallest absolute Gasteiger partial charge is 0.282 e. The number of benzene rings is 2. The third-order valence-corrected chi connectivity index (χ3v) is 4.69. The number of amides is 1. The summed E-state index contributed by atoms with van der Waals surface area (Å²) in [6.45, 7) is 4.39. The lowest BCUT2D eigenvalue weighted by Crippen LogP contribution is -3.12. The summed E-state index contributed by atoms with van der Waals surface area (Å²) in [5.74, 6) is 0.880. The maximum absolute atomic E-state index is 12.7. The van der Waals surface area contributed by atoms with E-state index in [0.717, 1.165) is 21.8 Å². The summed E-state index contributed by atoms with van der Waals surface area (Å²) in [5, 5.41) is 13.8. The number of rotatable bonds is 8. The average molecular weight is 388 g/mol. The molecule has 1 amide bonds. The molecule has 8 heteroatoms. The number of likely N-dealkylation sites (N-methyl/N-ethyl adjacent to an activating group) is 1. The van der Waals surface area contributed by atoms with E-state index >= 15 is 0 Å². The fourth-order valence-corrected chi connectivity index (χ4v) is 2.87. The van der Waals surface area contributed by atoms with Crippen molar-refractivity contribution in [2.24, 2.45) is 0 Å². The number of quaternary nitrogens is 1. The van der Waals surface area contributed by atoms with Crippen molar-refractivity contribution in [2.75, 3.05) is 26.6 Å². The number of carbonyl (C=O) groups is 1. The minimum absolute atomic E-state index is 0.117. The molecule has 2 N–H and O–H groups in total. The second-order valence-electron chi connectivity index (χ2n) is 6.69. The molecule has 2 atom stereocenters. The van der Waals surface area contributed by atoms with Gasteiger partial charge in [-0.2, -0.15) is 0 Å². The molecule has 0 bridgehead atoms. The van der Waals surface area contributed by atoms with E-state index < -0.39 is 11.0 Å². The van der Waals surface area contributed by atoms with Crippen molar-refractivity contribution in [2.45, 2.75) is 26.4 Å². The van der Waals surface area contributed by atoms with E-state index in [0.29, 0.717) is 12.3 Å². The molecule has 0 radical (unpaired) electrons. The molecule has 2 rings (SSSR count). The number of nitrogens with zero attached hydrogens (tertiary/aromatic N) is 1. The number of methoxy groups -OCH3 is 2. The molecule has 150 valence electrons. The van der Waals surface area contributed by atoms with Gasteiger partial charge in [0.05, 0.1) is 31.9 Å². The molecule has 2 aromatic carbocycles. The Balaban J connectivity index is 2.15. The second-order valence-corrected chi connectivity index (χ2v) is 6.69. The zero-order valence-corrected chi connectivity index (χ0v) is 16.7. The van der Waals surface area contributed by atoms with Crippen LogP contribution in [0, 0.1) is 17.0 Å². The molecule has 0 saturated heterocycles. The van der Waals surface area contributed by atoms with Gasteiger partial charge in [-0.3, -0.25) is 14.9 Å². The number of carbonyl (C=O) groups excluding carboxylic acids is 1. The van der Waals surface area contributed by atoms with Crippen molar-refractivity contribution in [1.29, 1.82) is 0 Å². The number of non-ortho nitro benzene ring substituents is 1. The Bertz CT molecular complexity index is 869. The van der Waals surface area contributed by atoms with Crippen LogP contribution < -0.4 is 19.7 Å². The average Bonchev–Trinajstić information content (AvgIpc) is 2.67. The zero-order chi connectivity index (χ0) is 20.8. The number of nitro benzene ring substituents is 1. The molecular formula is C20H26N3O5+. The lowest BCUT2D eigenvalue weighted by molar-refractivity contribution is -0.907.